The summed E-state index contributed by atoms with van der Waals surface area (Å²) in [5, 5.41) is 13.8. The fourth-order valence-electron chi connectivity index (χ4n) is 2.15. The van der Waals surface area contributed by atoms with Gasteiger partial charge in [0, 0.05) is 31.3 Å². The fraction of sp³-hybridized carbons (Fsp3) is 0.250. The molecule has 0 fully saturated rings. The molecular formula is C16H19N3O4S. The minimum absolute atomic E-state index is 0.00279. The van der Waals surface area contributed by atoms with E-state index in [2.05, 4.69) is 10.0 Å². The number of hydrogen-bond acceptors (Lipinski definition) is 5. The lowest BCUT2D eigenvalue weighted by atomic mass is 10.2. The fourth-order valence-corrected chi connectivity index (χ4v) is 3.39. The summed E-state index contributed by atoms with van der Waals surface area (Å²) in [6.45, 7) is 2.85. The van der Waals surface area contributed by atoms with E-state index in [1.165, 1.54) is 24.3 Å². The summed E-state index contributed by atoms with van der Waals surface area (Å²) < 4.78 is 27.0. The molecule has 1 atom stereocenters. The van der Waals surface area contributed by atoms with Gasteiger partial charge in [0.1, 0.15) is 0 Å². The van der Waals surface area contributed by atoms with Gasteiger partial charge >= 0.3 is 0 Å². The van der Waals surface area contributed by atoms with E-state index in [1.54, 1.807) is 6.92 Å². The van der Waals surface area contributed by atoms with Crippen LogP contribution in [-0.2, 0) is 16.6 Å². The van der Waals surface area contributed by atoms with Gasteiger partial charge in [-0.25, -0.2) is 13.1 Å². The molecule has 0 radical (unpaired) electrons. The molecule has 2 aromatic carbocycles. The first-order valence-corrected chi connectivity index (χ1v) is 8.88. The molecule has 128 valence electrons. The van der Waals surface area contributed by atoms with Crippen molar-refractivity contribution in [1.29, 1.82) is 0 Å². The van der Waals surface area contributed by atoms with E-state index < -0.39 is 14.9 Å². The molecule has 2 aromatic rings. The van der Waals surface area contributed by atoms with Crippen molar-refractivity contribution >= 4 is 15.7 Å². The molecule has 0 aliphatic rings. The van der Waals surface area contributed by atoms with Crippen molar-refractivity contribution in [2.24, 2.45) is 0 Å². The van der Waals surface area contributed by atoms with Gasteiger partial charge in [0.2, 0.25) is 10.0 Å². The van der Waals surface area contributed by atoms with Crippen molar-refractivity contribution in [3.8, 4) is 0 Å². The van der Waals surface area contributed by atoms with Crippen LogP contribution in [0, 0.1) is 10.1 Å². The second kappa shape index (κ2) is 8.00. The summed E-state index contributed by atoms with van der Waals surface area (Å²) in [5.41, 5.74) is 0.967. The van der Waals surface area contributed by atoms with E-state index in [4.69, 9.17) is 0 Å². The largest absolute Gasteiger partial charge is 0.311 e. The highest BCUT2D eigenvalue weighted by molar-refractivity contribution is 7.89. The highest BCUT2D eigenvalue weighted by Gasteiger charge is 2.18. The molecular weight excluding hydrogens is 330 g/mol. The first-order valence-electron chi connectivity index (χ1n) is 7.40. The number of benzene rings is 2. The van der Waals surface area contributed by atoms with E-state index >= 15 is 0 Å². The highest BCUT2D eigenvalue weighted by Crippen LogP contribution is 2.15. The minimum atomic E-state index is -3.71. The Labute approximate surface area is 140 Å². The molecule has 2 rings (SSSR count). The van der Waals surface area contributed by atoms with Crippen LogP contribution < -0.4 is 10.0 Å². The van der Waals surface area contributed by atoms with Gasteiger partial charge in [-0.3, -0.25) is 10.1 Å². The van der Waals surface area contributed by atoms with E-state index in [0.717, 1.165) is 5.56 Å². The summed E-state index contributed by atoms with van der Waals surface area (Å²) in [6.07, 6.45) is 0. The Morgan fingerprint density at radius 2 is 1.71 bits per heavy atom. The maximum Gasteiger partial charge on any atom is 0.269 e. The number of sulfonamides is 1. The molecule has 0 aliphatic heterocycles. The molecule has 0 spiro atoms. The van der Waals surface area contributed by atoms with E-state index in [0.29, 0.717) is 13.1 Å². The van der Waals surface area contributed by atoms with Crippen LogP contribution in [-0.4, -0.2) is 25.9 Å². The Balaban J connectivity index is 1.89. The monoisotopic (exact) mass is 349 g/mol. The van der Waals surface area contributed by atoms with Gasteiger partial charge in [0.25, 0.3) is 5.69 Å². The minimum Gasteiger partial charge on any atom is -0.311 e. The highest BCUT2D eigenvalue weighted by atomic mass is 32.2. The Hall–Kier alpha value is -2.29. The Morgan fingerprint density at radius 3 is 2.29 bits per heavy atom. The van der Waals surface area contributed by atoms with Gasteiger partial charge < -0.3 is 5.32 Å². The summed E-state index contributed by atoms with van der Waals surface area (Å²) in [6, 6.07) is 14.3. The van der Waals surface area contributed by atoms with Crippen LogP contribution in [0.25, 0.3) is 0 Å². The molecule has 0 heterocycles. The van der Waals surface area contributed by atoms with E-state index in [9.17, 15) is 18.5 Å². The maximum absolute atomic E-state index is 12.2. The lowest BCUT2D eigenvalue weighted by molar-refractivity contribution is -0.384. The molecule has 2 N–H and O–H groups in total. The second-order valence-electron chi connectivity index (χ2n) is 5.39. The van der Waals surface area contributed by atoms with Crippen LogP contribution >= 0.6 is 0 Å². The zero-order chi connectivity index (χ0) is 17.6. The number of non-ortho nitro benzene ring substituents is 1. The Morgan fingerprint density at radius 1 is 1.08 bits per heavy atom. The molecule has 8 heteroatoms. The van der Waals surface area contributed by atoms with Gasteiger partial charge in [0.05, 0.1) is 9.82 Å². The second-order valence-corrected chi connectivity index (χ2v) is 7.10. The predicted octanol–water partition coefficient (Wildman–Crippen LogP) is 2.05. The topological polar surface area (TPSA) is 101 Å². The van der Waals surface area contributed by atoms with Gasteiger partial charge in [-0.05, 0) is 24.6 Å². The molecule has 0 saturated heterocycles. The Bertz CT molecular complexity index is 777. The van der Waals surface area contributed by atoms with Crippen molar-refractivity contribution in [2.45, 2.75) is 24.4 Å². The maximum atomic E-state index is 12.2. The van der Waals surface area contributed by atoms with Crippen LogP contribution in [0.3, 0.4) is 0 Å². The number of nitrogens with one attached hydrogen (secondary N) is 2. The molecule has 24 heavy (non-hydrogen) atoms. The number of nitrogens with zero attached hydrogens (tertiary/aromatic N) is 1. The van der Waals surface area contributed by atoms with Crippen LogP contribution in [0.2, 0.25) is 0 Å². The van der Waals surface area contributed by atoms with Gasteiger partial charge in [0.15, 0.2) is 0 Å². The van der Waals surface area contributed by atoms with Crippen molar-refractivity contribution < 1.29 is 13.3 Å². The third-order valence-electron chi connectivity index (χ3n) is 3.34. The first kappa shape index (κ1) is 18.1. The van der Waals surface area contributed by atoms with E-state index in [-0.39, 0.29) is 16.6 Å². The lowest BCUT2D eigenvalue weighted by Crippen LogP contribution is -2.39. The summed E-state index contributed by atoms with van der Waals surface area (Å²) >= 11 is 0. The zero-order valence-electron chi connectivity index (χ0n) is 13.2. The summed E-state index contributed by atoms with van der Waals surface area (Å²) in [5.74, 6) is 0. The van der Waals surface area contributed by atoms with Crippen molar-refractivity contribution in [3.63, 3.8) is 0 Å². The molecule has 0 amide bonds. The van der Waals surface area contributed by atoms with Gasteiger partial charge in [-0.1, -0.05) is 30.3 Å². The standard InChI is InChI=1S/C16H19N3O4S/c1-13(11-17-12-14-5-3-2-4-6-14)18-24(22,23)16-9-7-15(8-10-16)19(20)21/h2-10,13,17-18H,11-12H2,1H3. The smallest absolute Gasteiger partial charge is 0.269 e. The van der Waals surface area contributed by atoms with Crippen molar-refractivity contribution in [3.05, 3.63) is 70.3 Å². The molecule has 0 aromatic heterocycles. The molecule has 7 nitrogen and oxygen atoms in total. The SMILES string of the molecule is CC(CNCc1ccccc1)NS(=O)(=O)c1ccc([N+](=O)[O-])cc1. The summed E-state index contributed by atoms with van der Waals surface area (Å²) in [4.78, 5) is 10.0. The molecule has 0 aliphatic carbocycles. The van der Waals surface area contributed by atoms with Crippen LogP contribution in [0.1, 0.15) is 12.5 Å². The molecule has 0 bridgehead atoms. The average molecular weight is 349 g/mol. The van der Waals surface area contributed by atoms with Crippen LogP contribution in [0.4, 0.5) is 5.69 Å². The quantitative estimate of drug-likeness (QED) is 0.561. The third kappa shape index (κ3) is 5.12. The van der Waals surface area contributed by atoms with E-state index in [1.807, 2.05) is 30.3 Å². The Kier molecular flexibility index (Phi) is 6.02. The lowest BCUT2D eigenvalue weighted by Gasteiger charge is -2.15. The number of rotatable bonds is 8. The van der Waals surface area contributed by atoms with Gasteiger partial charge in [-0.15, -0.1) is 0 Å². The normalized spacial score (nSPS) is 12.7. The molecule has 0 saturated carbocycles. The number of nitro benzene ring substituents is 1. The number of hydrogen-bond donors (Lipinski definition) is 2. The van der Waals surface area contributed by atoms with Crippen molar-refractivity contribution in [2.75, 3.05) is 6.54 Å². The number of nitro groups is 1. The average Bonchev–Trinajstić information content (AvgIpc) is 2.55. The van der Waals surface area contributed by atoms with Crippen LogP contribution in [0.5, 0.6) is 0 Å². The predicted molar refractivity (Wildman–Crippen MR) is 91.0 cm³/mol. The van der Waals surface area contributed by atoms with Crippen molar-refractivity contribution in [1.82, 2.24) is 10.0 Å². The van der Waals surface area contributed by atoms with Gasteiger partial charge in [-0.2, -0.15) is 0 Å². The summed E-state index contributed by atoms with van der Waals surface area (Å²) in [7, 11) is -3.71. The zero-order valence-corrected chi connectivity index (χ0v) is 14.0. The first-order chi connectivity index (χ1) is 11.4. The van der Waals surface area contributed by atoms with Crippen LogP contribution in [0.15, 0.2) is 59.5 Å². The third-order valence-corrected chi connectivity index (χ3v) is 4.94. The molecule has 1 unspecified atom stereocenters.